The van der Waals surface area contributed by atoms with Gasteiger partial charge in [-0.15, -0.1) is 24.0 Å². The van der Waals surface area contributed by atoms with Gasteiger partial charge in [0.25, 0.3) is 0 Å². The SMILES string of the molecule is C.C.C.C.CC(=O)C1CCC(C)N1C.CC(=O)C1CCC(C)N1C.CC(=O)C1CCC(C)N1C.CC(=O)C1CCC(C)N1C.CC(=O)C1CCC(C)N1C.F.I.[2HH].[2HH].[HH]. The molecule has 0 aromatic rings. The second-order valence-corrected chi connectivity index (χ2v) is 16.1. The number of carbonyl (C=O) groups excluding carboxylic acids is 5. The summed E-state index contributed by atoms with van der Waals surface area (Å²) in [6, 6.07) is 3.98. The molecule has 12 heteroatoms. The monoisotopic (exact) mass is 926 g/mol. The summed E-state index contributed by atoms with van der Waals surface area (Å²) in [5.41, 5.74) is 0. The van der Waals surface area contributed by atoms with Crippen LogP contribution in [-0.2, 0) is 24.0 Å². The summed E-state index contributed by atoms with van der Waals surface area (Å²) in [6.07, 6.45) is 11.1. The quantitative estimate of drug-likeness (QED) is 0.248. The van der Waals surface area contributed by atoms with Gasteiger partial charge in [-0.25, -0.2) is 0 Å². The first kappa shape index (κ1) is 66.6. The molecular formula is C44H99FIN5O5. The smallest absolute Gasteiger partial charge is 0.146 e. The Labute approximate surface area is 367 Å². The van der Waals surface area contributed by atoms with Crippen molar-refractivity contribution in [3.8, 4) is 0 Å². The van der Waals surface area contributed by atoms with E-state index in [4.69, 9.17) is 0 Å². The zero-order chi connectivity index (χ0) is 38.6. The van der Waals surface area contributed by atoms with Gasteiger partial charge in [0.05, 0.1) is 30.2 Å². The molecule has 0 aromatic carbocycles. The van der Waals surface area contributed by atoms with Crippen molar-refractivity contribution < 1.29 is 33.0 Å². The topological polar surface area (TPSA) is 102 Å². The molecule has 5 aliphatic heterocycles. The first-order chi connectivity index (χ1) is 23.1. The van der Waals surface area contributed by atoms with Gasteiger partial charge < -0.3 is 0 Å². The molecule has 56 heavy (non-hydrogen) atoms. The molecule has 0 aromatic heterocycles. The molecule has 0 saturated carbocycles. The zero-order valence-corrected chi connectivity index (χ0v) is 37.8. The minimum absolute atomic E-state index is 0. The molecule has 0 N–H and O–H groups in total. The molecule has 0 aliphatic carbocycles. The largest absolute Gasteiger partial charge is 0.298 e. The lowest BCUT2D eigenvalue weighted by Crippen LogP contribution is -2.34. The van der Waals surface area contributed by atoms with Gasteiger partial charge in [-0.3, -0.25) is 53.2 Å². The van der Waals surface area contributed by atoms with Crippen LogP contribution >= 0.6 is 24.0 Å². The summed E-state index contributed by atoms with van der Waals surface area (Å²) in [5.74, 6) is 1.56. The lowest BCUT2D eigenvalue weighted by molar-refractivity contribution is -0.121. The third-order valence-electron chi connectivity index (χ3n) is 12.6. The summed E-state index contributed by atoms with van der Waals surface area (Å²) < 4.78 is 0. The van der Waals surface area contributed by atoms with E-state index in [2.05, 4.69) is 59.1 Å². The Balaban J connectivity index is -0.0000000729. The van der Waals surface area contributed by atoms with Gasteiger partial charge in [0.2, 0.25) is 0 Å². The minimum Gasteiger partial charge on any atom is -0.298 e. The van der Waals surface area contributed by atoms with Crippen molar-refractivity contribution in [3.05, 3.63) is 0 Å². The molecule has 5 saturated heterocycles. The average Bonchev–Trinajstić information content (AvgIpc) is 3.83. The average molecular weight is 926 g/mol. The number of ketones is 5. The molecule has 10 nitrogen and oxygen atoms in total. The van der Waals surface area contributed by atoms with Gasteiger partial charge in [-0.2, -0.15) is 0 Å². The van der Waals surface area contributed by atoms with Crippen LogP contribution in [0.4, 0.5) is 4.70 Å². The van der Waals surface area contributed by atoms with Crippen molar-refractivity contribution in [2.75, 3.05) is 35.2 Å². The highest BCUT2D eigenvalue weighted by atomic mass is 127. The number of hydrogen-bond acceptors (Lipinski definition) is 10. The molecule has 0 radical (unpaired) electrons. The van der Waals surface area contributed by atoms with Crippen LogP contribution in [0.15, 0.2) is 0 Å². The molecule has 5 fully saturated rings. The standard InChI is InChI=1S/5C8H15NO.4CH4.FH.HI.3H2/c5*1-6-4-5-8(7(2)10)9(6)3;;;;;;;;;/h5*6,8H,4-5H2,1-3H3;4*1H4;5*1H/i;;;;;;;;;;;2*1+1;. The number of halogens is 2. The summed E-state index contributed by atoms with van der Waals surface area (Å²) in [4.78, 5) is 65.6. The van der Waals surface area contributed by atoms with Crippen molar-refractivity contribution in [1.29, 1.82) is 0 Å². The zero-order valence-electron chi connectivity index (χ0n) is 35.4. The van der Waals surface area contributed by atoms with E-state index in [1.807, 2.05) is 35.2 Å². The summed E-state index contributed by atoms with van der Waals surface area (Å²) in [7, 11) is 10.2. The van der Waals surface area contributed by atoms with E-state index in [1.165, 1.54) is 32.1 Å². The number of rotatable bonds is 5. The molecule has 10 atom stereocenters. The third-order valence-corrected chi connectivity index (χ3v) is 12.6. The van der Waals surface area contributed by atoms with Crippen LogP contribution < -0.4 is 0 Å². The highest BCUT2D eigenvalue weighted by molar-refractivity contribution is 14.0. The van der Waals surface area contributed by atoms with Crippen LogP contribution in [-0.4, -0.2) is 149 Å². The Hall–Kier alpha value is -1.19. The maximum absolute atomic E-state index is 11.0. The number of Topliss-reactive ketones (excluding diaryl/α,β-unsaturated/α-hetero) is 5. The first-order valence-electron chi connectivity index (χ1n) is 19.3. The highest BCUT2D eigenvalue weighted by Crippen LogP contribution is 2.24. The van der Waals surface area contributed by atoms with E-state index >= 15 is 0 Å². The lowest BCUT2D eigenvalue weighted by Gasteiger charge is -2.20. The van der Waals surface area contributed by atoms with Crippen molar-refractivity contribution in [2.24, 2.45) is 0 Å². The van der Waals surface area contributed by atoms with E-state index in [9.17, 15) is 24.0 Å². The number of nitrogens with zero attached hydrogens (tertiary/aromatic N) is 5. The van der Waals surface area contributed by atoms with Gasteiger partial charge in [0.1, 0.15) is 28.9 Å². The molecule has 0 bridgehead atoms. The fourth-order valence-electron chi connectivity index (χ4n) is 8.02. The third kappa shape index (κ3) is 20.2. The number of likely N-dealkylation sites (tertiary alicyclic amines) is 5. The normalized spacial score (nSPS) is 31.0. The van der Waals surface area contributed by atoms with Gasteiger partial charge in [0.15, 0.2) is 0 Å². The van der Waals surface area contributed by atoms with Crippen LogP contribution in [0.2, 0.25) is 0 Å². The van der Waals surface area contributed by atoms with Gasteiger partial charge >= 0.3 is 0 Å². The predicted octanol–water partition coefficient (Wildman–Crippen LogP) is 9.34. The molecule has 10 unspecified atom stereocenters. The Kier molecular flexibility index (Phi) is 37.7. The molecule has 0 amide bonds. The fourth-order valence-corrected chi connectivity index (χ4v) is 8.02. The highest BCUT2D eigenvalue weighted by Gasteiger charge is 2.33. The van der Waals surface area contributed by atoms with Crippen LogP contribution in [0, 0.1) is 0 Å². The van der Waals surface area contributed by atoms with Crippen molar-refractivity contribution in [3.63, 3.8) is 0 Å². The van der Waals surface area contributed by atoms with Crippen LogP contribution in [0.5, 0.6) is 0 Å². The summed E-state index contributed by atoms with van der Waals surface area (Å²) in [5, 5.41) is 0. The Morgan fingerprint density at radius 1 is 0.357 bits per heavy atom. The first-order valence-corrected chi connectivity index (χ1v) is 19.3. The second kappa shape index (κ2) is 31.7. The molecular weight excluding hydrogens is 824 g/mol. The lowest BCUT2D eigenvalue weighted by atomic mass is 10.1. The van der Waals surface area contributed by atoms with Crippen LogP contribution in [0.1, 0.15) is 167 Å². The number of hydrogen-bond donors (Lipinski definition) is 0. The van der Waals surface area contributed by atoms with Gasteiger partial charge in [-0.05, 0) is 169 Å². The van der Waals surface area contributed by atoms with Crippen LogP contribution in [0.3, 0.4) is 0 Å². The number of carbonyl (C=O) groups is 5. The van der Waals surface area contributed by atoms with Crippen LogP contribution in [0.25, 0.3) is 0 Å². The maximum atomic E-state index is 11.0. The molecule has 0 spiro atoms. The molecule has 5 heterocycles. The molecule has 344 valence electrons. The minimum atomic E-state index is 0. The molecule has 5 aliphatic rings. The van der Waals surface area contributed by atoms with Crippen molar-refractivity contribution in [2.45, 2.75) is 224 Å². The Bertz CT molecular complexity index is 951. The van der Waals surface area contributed by atoms with E-state index in [-0.39, 0.29) is 92.9 Å². The Morgan fingerprint density at radius 2 is 0.464 bits per heavy atom. The van der Waals surface area contributed by atoms with Crippen molar-refractivity contribution in [1.82, 2.24) is 24.5 Å². The van der Waals surface area contributed by atoms with Gasteiger partial charge in [-0.1, -0.05) is 29.7 Å². The predicted molar refractivity (Wildman–Crippen MR) is 256 cm³/mol. The fraction of sp³-hybridized carbons (Fsp3) is 0.886. The summed E-state index contributed by atoms with van der Waals surface area (Å²) >= 11 is 0. The van der Waals surface area contributed by atoms with E-state index < -0.39 is 0 Å². The van der Waals surface area contributed by atoms with Gasteiger partial charge in [0, 0.05) is 34.5 Å². The maximum Gasteiger partial charge on any atom is 0.146 e. The van der Waals surface area contributed by atoms with E-state index in [1.54, 1.807) is 34.6 Å². The second-order valence-electron chi connectivity index (χ2n) is 16.1. The number of likely N-dealkylation sites (N-methyl/N-ethyl adjacent to an activating group) is 5. The Morgan fingerprint density at radius 3 is 0.500 bits per heavy atom. The van der Waals surface area contributed by atoms with E-state index in [0.717, 1.165) is 32.1 Å². The molecule has 5 rings (SSSR count). The van der Waals surface area contributed by atoms with E-state index in [0.29, 0.717) is 59.1 Å². The van der Waals surface area contributed by atoms with Crippen molar-refractivity contribution >= 4 is 52.9 Å². The summed E-state index contributed by atoms with van der Waals surface area (Å²) in [6.45, 7) is 19.2.